The fraction of sp³-hybridized carbons (Fsp3) is 0.362. The van der Waals surface area contributed by atoms with Gasteiger partial charge in [0.05, 0.1) is 4.92 Å². The van der Waals surface area contributed by atoms with Crippen LogP contribution in [0.5, 0.6) is 5.75 Å². The zero-order valence-electron chi connectivity index (χ0n) is 63.0. The van der Waals surface area contributed by atoms with Crippen LogP contribution in [0, 0.1) is 10.1 Å². The van der Waals surface area contributed by atoms with Crippen molar-refractivity contribution in [3.63, 3.8) is 0 Å². The van der Waals surface area contributed by atoms with E-state index in [-0.39, 0.29) is 36.2 Å². The quantitative estimate of drug-likeness (QED) is 0.0159. The Hall–Kier alpha value is -9.44. The average Bonchev–Trinajstić information content (AvgIpc) is 1.24. The van der Waals surface area contributed by atoms with Gasteiger partial charge in [-0.2, -0.15) is 0 Å². The number of nitrogens with zero attached hydrogens (tertiary/aromatic N) is 6. The van der Waals surface area contributed by atoms with E-state index < -0.39 is 0 Å². The first kappa shape index (κ1) is 77.2. The predicted molar refractivity (Wildman–Crippen MR) is 444 cm³/mol. The number of rotatable bonds is 25. The van der Waals surface area contributed by atoms with Gasteiger partial charge in [-0.15, -0.1) is 0 Å². The molecule has 3 heterocycles. The zero-order valence-corrected chi connectivity index (χ0v) is 63.0. The summed E-state index contributed by atoms with van der Waals surface area (Å²) in [5, 5.41) is 50.1. The third kappa shape index (κ3) is 20.8. The third-order valence-corrected chi connectivity index (χ3v) is 22.5. The van der Waals surface area contributed by atoms with Crippen LogP contribution in [0.1, 0.15) is 172 Å². The van der Waals surface area contributed by atoms with Gasteiger partial charge in [0.1, 0.15) is 5.75 Å². The first-order valence-electron chi connectivity index (χ1n) is 39.5. The summed E-state index contributed by atoms with van der Waals surface area (Å²) in [5.74, 6) is 0.867. The molecule has 0 spiro atoms. The molecule has 3 saturated heterocycles. The summed E-state index contributed by atoms with van der Waals surface area (Å²) in [7, 11) is 0. The number of aliphatic hydroxyl groups is 3. The minimum atomic E-state index is -0.361. The summed E-state index contributed by atoms with van der Waals surface area (Å²) in [6, 6.07) is 82.9. The molecule has 0 bridgehead atoms. The molecule has 9 aromatic rings. The number of nitrogen functional groups attached to an aromatic ring is 1. The van der Waals surface area contributed by atoms with Crippen molar-refractivity contribution in [2.45, 2.75) is 134 Å². The van der Waals surface area contributed by atoms with Crippen molar-refractivity contribution in [3.05, 3.63) is 302 Å². The summed E-state index contributed by atoms with van der Waals surface area (Å²) in [4.78, 5) is 23.8. The lowest BCUT2D eigenvalue weighted by atomic mass is 9.85. The second kappa shape index (κ2) is 38.9. The number of hydrogen-bond acceptors (Lipinski definition) is 12. The molecular weight excluding hydrogens is 1320 g/mol. The highest BCUT2D eigenvalue weighted by Crippen LogP contribution is 2.42. The van der Waals surface area contributed by atoms with E-state index in [9.17, 15) is 30.5 Å². The summed E-state index contributed by atoms with van der Waals surface area (Å²) in [6.07, 6.45) is 16.5. The molecule has 0 radical (unpaired) electrons. The van der Waals surface area contributed by atoms with E-state index in [1.807, 2.05) is 66.7 Å². The van der Waals surface area contributed by atoms with Crippen LogP contribution < -0.4 is 15.5 Å². The molecule has 14 rings (SSSR count). The Kier molecular flexibility index (Phi) is 28.1. The number of piperidine rings is 1. The summed E-state index contributed by atoms with van der Waals surface area (Å²) >= 11 is 0. The van der Waals surface area contributed by atoms with Gasteiger partial charge >= 0.3 is 0 Å². The SMILES string of the molecule is CC(C)N1CCN(c2ccc(/C(=C(/CCCO)c3ccccc3)c3ccc(N)cc3)cc2)CC1.O=[N+]([O-])c1ccc(/C(=C(\CCCO)c2ccccc2)c2ccc(C3CCN(C4CC4)CC3)cc2)cc1.OCCC/C(=C(\c1ccc(O)cc1)c1ccc(N2CCN(C3CCCCC3)CC2)cc1)c1ccccc1. The van der Waals surface area contributed by atoms with Crippen LogP contribution in [-0.2, 0) is 0 Å². The van der Waals surface area contributed by atoms with Gasteiger partial charge in [-0.3, -0.25) is 19.9 Å². The van der Waals surface area contributed by atoms with Crippen molar-refractivity contribution >= 4 is 56.2 Å². The maximum Gasteiger partial charge on any atom is 0.269 e. The average molecular weight is 1430 g/mol. The maximum absolute atomic E-state index is 11.3. The Morgan fingerprint density at radius 3 is 1.12 bits per heavy atom. The Morgan fingerprint density at radius 1 is 0.402 bits per heavy atom. The molecule has 0 amide bonds. The number of aliphatic hydroxyl groups excluding tert-OH is 3. The fourth-order valence-electron chi connectivity index (χ4n) is 16.4. The number of nitro benzene ring substituents is 1. The summed E-state index contributed by atoms with van der Waals surface area (Å²) < 4.78 is 0. The van der Waals surface area contributed by atoms with Gasteiger partial charge in [0.25, 0.3) is 5.69 Å². The smallest absolute Gasteiger partial charge is 0.269 e. The van der Waals surface area contributed by atoms with E-state index in [0.29, 0.717) is 31.2 Å². The molecule has 9 aromatic carbocycles. The van der Waals surface area contributed by atoms with Crippen molar-refractivity contribution < 1.29 is 25.3 Å². The topological polar surface area (TPSA) is 166 Å². The Morgan fingerprint density at radius 2 is 0.748 bits per heavy atom. The molecule has 5 fully saturated rings. The Balaban J connectivity index is 0.000000150. The number of piperazine rings is 2. The molecule has 2 aliphatic carbocycles. The molecule has 107 heavy (non-hydrogen) atoms. The molecule has 0 aromatic heterocycles. The first-order chi connectivity index (χ1) is 52.4. The van der Waals surface area contributed by atoms with Crippen LogP contribution in [0.2, 0.25) is 0 Å². The minimum absolute atomic E-state index is 0.0857. The van der Waals surface area contributed by atoms with Crippen LogP contribution in [-0.4, -0.2) is 143 Å². The zero-order chi connectivity index (χ0) is 74.3. The molecule has 5 aliphatic rings. The molecule has 6 N–H and O–H groups in total. The van der Waals surface area contributed by atoms with Gasteiger partial charge in [-0.25, -0.2) is 0 Å². The van der Waals surface area contributed by atoms with E-state index in [0.717, 1.165) is 139 Å². The Bertz CT molecular complexity index is 4290. The molecule has 0 atom stereocenters. The molecule has 3 aliphatic heterocycles. The number of benzene rings is 9. The summed E-state index contributed by atoms with van der Waals surface area (Å²) in [6.45, 7) is 16.2. The van der Waals surface area contributed by atoms with Gasteiger partial charge < -0.3 is 40.9 Å². The van der Waals surface area contributed by atoms with E-state index in [2.05, 4.69) is 184 Å². The lowest BCUT2D eigenvalue weighted by Crippen LogP contribution is -2.50. The maximum atomic E-state index is 11.3. The highest BCUT2D eigenvalue weighted by molar-refractivity contribution is 6.01. The number of allylic oxidation sites excluding steroid dienone is 3. The normalized spacial score (nSPS) is 17.1. The first-order valence-corrected chi connectivity index (χ1v) is 39.5. The van der Waals surface area contributed by atoms with E-state index in [1.54, 1.807) is 24.3 Å². The number of non-ortho nitro benzene ring substituents is 1. The number of nitro groups is 1. The van der Waals surface area contributed by atoms with Gasteiger partial charge in [0.15, 0.2) is 0 Å². The van der Waals surface area contributed by atoms with Crippen molar-refractivity contribution in [1.82, 2.24) is 14.7 Å². The van der Waals surface area contributed by atoms with E-state index in [1.165, 1.54) is 121 Å². The van der Waals surface area contributed by atoms with Crippen molar-refractivity contribution in [2.75, 3.05) is 101 Å². The van der Waals surface area contributed by atoms with Crippen molar-refractivity contribution in [2.24, 2.45) is 0 Å². The number of anilines is 3. The lowest BCUT2D eigenvalue weighted by molar-refractivity contribution is -0.384. The van der Waals surface area contributed by atoms with Crippen LogP contribution in [0.4, 0.5) is 22.7 Å². The molecule has 558 valence electrons. The van der Waals surface area contributed by atoms with Crippen LogP contribution in [0.25, 0.3) is 33.4 Å². The van der Waals surface area contributed by atoms with E-state index >= 15 is 0 Å². The number of hydrogen-bond donors (Lipinski definition) is 5. The number of likely N-dealkylation sites (tertiary alicyclic amines) is 1. The molecule has 2 saturated carbocycles. The highest BCUT2D eigenvalue weighted by Gasteiger charge is 2.33. The largest absolute Gasteiger partial charge is 0.508 e. The van der Waals surface area contributed by atoms with Crippen LogP contribution >= 0.6 is 0 Å². The predicted octanol–water partition coefficient (Wildman–Crippen LogP) is 18.8. The van der Waals surface area contributed by atoms with Gasteiger partial charge in [0.2, 0.25) is 0 Å². The van der Waals surface area contributed by atoms with Crippen LogP contribution in [0.3, 0.4) is 0 Å². The van der Waals surface area contributed by atoms with E-state index in [4.69, 9.17) is 5.73 Å². The minimum Gasteiger partial charge on any atom is -0.508 e. The molecule has 13 heteroatoms. The number of aromatic hydroxyl groups is 1. The molecule has 0 unspecified atom stereocenters. The molecule has 13 nitrogen and oxygen atoms in total. The number of phenolic OH excluding ortho intramolecular Hbond substituents is 1. The molecular formula is C94H111N7O6. The van der Waals surface area contributed by atoms with Gasteiger partial charge in [-0.1, -0.05) is 183 Å². The van der Waals surface area contributed by atoms with Gasteiger partial charge in [0, 0.05) is 119 Å². The second-order valence-corrected chi connectivity index (χ2v) is 29.8. The van der Waals surface area contributed by atoms with Crippen LogP contribution in [0.15, 0.2) is 237 Å². The standard InChI is InChI=1S/C33H40N2O2.C31H34N2O3.C30H37N3O/c36-25-7-12-32(26-8-3-1-4-9-26)33(28-15-19-31(37)20-16-28)27-13-17-30(18-14-27)35-23-21-34(22-24-35)29-10-5-2-6-11-29;34-22-4-7-30(25-5-2-1-3-6-25)31(27-12-14-29(15-13-27)33(35)36)26-10-8-23(9-11-26)24-18-20-32(21-19-24)28-16-17-28;1-23(2)32-18-20-33(21-19-32)28-16-12-26(13-17-28)30(25-10-14-27(31)15-11-25)29(9-6-22-34)24-7-4-3-5-8-24/h1,3-4,8-9,13-20,29,36-37H,2,5-7,10-12,21-25H2;1-3,5-6,8-15,24,28,34H,4,7,16-22H2;3-5,7-8,10-17,23,34H,6,9,18-22,31H2,1-2H3/b33-32+;31-30+;30-29-. The number of nitrogens with two attached hydrogens (primary N) is 1. The van der Waals surface area contributed by atoms with Gasteiger partial charge in [-0.05, 0) is 260 Å². The summed E-state index contributed by atoms with van der Waals surface area (Å²) in [5.41, 5.74) is 27.9. The second-order valence-electron chi connectivity index (χ2n) is 29.8. The highest BCUT2D eigenvalue weighted by atomic mass is 16.6. The third-order valence-electron chi connectivity index (χ3n) is 22.5. The Labute approximate surface area is 635 Å². The number of phenols is 1. The van der Waals surface area contributed by atoms with Crippen molar-refractivity contribution in [1.29, 1.82) is 0 Å². The lowest BCUT2D eigenvalue weighted by Gasteiger charge is -2.41. The van der Waals surface area contributed by atoms with Crippen molar-refractivity contribution in [3.8, 4) is 5.75 Å². The monoisotopic (exact) mass is 1430 g/mol. The fourth-order valence-corrected chi connectivity index (χ4v) is 16.4.